The number of aromatic nitrogens is 1. The number of hydrogen-bond acceptors (Lipinski definition) is 6. The number of nitro benzene ring substituents is 1. The lowest BCUT2D eigenvalue weighted by Crippen LogP contribution is -2.35. The average Bonchev–Trinajstić information content (AvgIpc) is 2.82. The van der Waals surface area contributed by atoms with Gasteiger partial charge in [0.15, 0.2) is 5.58 Å². The largest absolute Gasteiger partial charge is 0.423 e. The number of aliphatic hydroxyl groups excluding tert-OH is 1. The highest BCUT2D eigenvalue weighted by Gasteiger charge is 2.21. The predicted molar refractivity (Wildman–Crippen MR) is 68.1 cm³/mol. The van der Waals surface area contributed by atoms with E-state index in [1.807, 2.05) is 4.90 Å². The molecule has 1 N–H and O–H groups in total. The molecule has 1 aromatic heterocycles. The van der Waals surface area contributed by atoms with Gasteiger partial charge in [-0.25, -0.2) is 0 Å². The smallest absolute Gasteiger partial charge is 0.298 e. The van der Waals surface area contributed by atoms with Crippen molar-refractivity contribution in [1.82, 2.24) is 4.98 Å². The molecule has 1 aliphatic rings. The van der Waals surface area contributed by atoms with E-state index in [1.165, 1.54) is 12.1 Å². The Kier molecular flexibility index (Phi) is 2.83. The standard InChI is InChI=1S/C12H13N3O4/c16-9-3-5-14(6-4-9)12-13-10-7-8(15(17)18)1-2-11(10)19-12/h1-2,7,9,16H,3-6H2. The van der Waals surface area contributed by atoms with Crippen LogP contribution in [0.25, 0.3) is 11.1 Å². The van der Waals surface area contributed by atoms with Gasteiger partial charge in [0.25, 0.3) is 11.7 Å². The van der Waals surface area contributed by atoms with Crippen LogP contribution in [-0.2, 0) is 0 Å². The molecule has 2 heterocycles. The van der Waals surface area contributed by atoms with Crippen LogP contribution in [0, 0.1) is 10.1 Å². The van der Waals surface area contributed by atoms with Gasteiger partial charge in [-0.3, -0.25) is 10.1 Å². The van der Waals surface area contributed by atoms with E-state index in [0.29, 0.717) is 43.0 Å². The topological polar surface area (TPSA) is 92.6 Å². The molecular formula is C12H13N3O4. The Labute approximate surface area is 108 Å². The summed E-state index contributed by atoms with van der Waals surface area (Å²) in [6.07, 6.45) is 1.10. The number of non-ortho nitro benzene ring substituents is 1. The molecule has 1 aromatic carbocycles. The van der Waals surface area contributed by atoms with Crippen LogP contribution in [-0.4, -0.2) is 34.2 Å². The van der Waals surface area contributed by atoms with Crippen molar-refractivity contribution in [3.63, 3.8) is 0 Å². The van der Waals surface area contributed by atoms with Gasteiger partial charge < -0.3 is 14.4 Å². The molecule has 0 bridgehead atoms. The van der Waals surface area contributed by atoms with Gasteiger partial charge in [-0.1, -0.05) is 0 Å². The lowest BCUT2D eigenvalue weighted by molar-refractivity contribution is -0.384. The van der Waals surface area contributed by atoms with Crippen molar-refractivity contribution < 1.29 is 14.4 Å². The summed E-state index contributed by atoms with van der Waals surface area (Å²) in [6.45, 7) is 1.35. The number of nitrogens with zero attached hydrogens (tertiary/aromatic N) is 3. The molecule has 0 aliphatic carbocycles. The number of fused-ring (bicyclic) bond motifs is 1. The Balaban J connectivity index is 1.91. The van der Waals surface area contributed by atoms with Crippen LogP contribution in [0.2, 0.25) is 0 Å². The summed E-state index contributed by atoms with van der Waals surface area (Å²) in [7, 11) is 0. The minimum atomic E-state index is -0.453. The van der Waals surface area contributed by atoms with Crippen LogP contribution in [0.3, 0.4) is 0 Å². The third-order valence-corrected chi connectivity index (χ3v) is 3.31. The van der Waals surface area contributed by atoms with E-state index in [-0.39, 0.29) is 11.8 Å². The molecule has 100 valence electrons. The first-order valence-corrected chi connectivity index (χ1v) is 6.11. The molecule has 0 amide bonds. The van der Waals surface area contributed by atoms with Gasteiger partial charge in [0.1, 0.15) is 5.52 Å². The number of aliphatic hydroxyl groups is 1. The first-order chi connectivity index (χ1) is 9.13. The maximum Gasteiger partial charge on any atom is 0.298 e. The van der Waals surface area contributed by atoms with Crippen molar-refractivity contribution in [2.24, 2.45) is 0 Å². The van der Waals surface area contributed by atoms with E-state index in [1.54, 1.807) is 6.07 Å². The van der Waals surface area contributed by atoms with Crippen molar-refractivity contribution in [2.45, 2.75) is 18.9 Å². The Bertz CT molecular complexity index is 616. The summed E-state index contributed by atoms with van der Waals surface area (Å²) < 4.78 is 5.59. The van der Waals surface area contributed by atoms with Crippen LogP contribution in [0.1, 0.15) is 12.8 Å². The fourth-order valence-corrected chi connectivity index (χ4v) is 2.21. The van der Waals surface area contributed by atoms with Crippen LogP contribution >= 0.6 is 0 Å². The van der Waals surface area contributed by atoms with E-state index >= 15 is 0 Å². The molecular weight excluding hydrogens is 250 g/mol. The van der Waals surface area contributed by atoms with Gasteiger partial charge in [-0.15, -0.1) is 0 Å². The number of hydrogen-bond donors (Lipinski definition) is 1. The van der Waals surface area contributed by atoms with E-state index in [2.05, 4.69) is 4.98 Å². The zero-order valence-corrected chi connectivity index (χ0v) is 10.2. The van der Waals surface area contributed by atoms with Crippen molar-refractivity contribution in [2.75, 3.05) is 18.0 Å². The predicted octanol–water partition coefficient (Wildman–Crippen LogP) is 1.70. The lowest BCUT2D eigenvalue weighted by atomic mass is 10.1. The summed E-state index contributed by atoms with van der Waals surface area (Å²) in [5.41, 5.74) is 1.02. The monoisotopic (exact) mass is 263 g/mol. The Hall–Kier alpha value is -2.15. The van der Waals surface area contributed by atoms with Crippen molar-refractivity contribution >= 4 is 22.8 Å². The summed E-state index contributed by atoms with van der Waals surface area (Å²) in [5.74, 6) is 0. The minimum absolute atomic E-state index is 0.00131. The zero-order valence-electron chi connectivity index (χ0n) is 10.2. The van der Waals surface area contributed by atoms with Crippen molar-refractivity contribution in [3.8, 4) is 0 Å². The third-order valence-electron chi connectivity index (χ3n) is 3.31. The maximum atomic E-state index is 10.7. The zero-order chi connectivity index (χ0) is 13.4. The van der Waals surface area contributed by atoms with Crippen molar-refractivity contribution in [1.29, 1.82) is 0 Å². The van der Waals surface area contributed by atoms with Gasteiger partial charge >= 0.3 is 0 Å². The van der Waals surface area contributed by atoms with Gasteiger partial charge in [-0.05, 0) is 18.9 Å². The Morgan fingerprint density at radius 1 is 1.42 bits per heavy atom. The molecule has 1 fully saturated rings. The highest BCUT2D eigenvalue weighted by atomic mass is 16.6. The van der Waals surface area contributed by atoms with E-state index in [0.717, 1.165) is 0 Å². The SMILES string of the molecule is O=[N+]([O-])c1ccc2oc(N3CCC(O)CC3)nc2c1. The number of anilines is 1. The quantitative estimate of drug-likeness (QED) is 0.654. The second-order valence-corrected chi connectivity index (χ2v) is 4.62. The Morgan fingerprint density at radius 3 is 2.84 bits per heavy atom. The number of oxazole rings is 1. The average molecular weight is 263 g/mol. The molecule has 0 atom stereocenters. The molecule has 0 radical (unpaired) electrons. The number of rotatable bonds is 2. The van der Waals surface area contributed by atoms with Gasteiger partial charge in [0.2, 0.25) is 0 Å². The minimum Gasteiger partial charge on any atom is -0.423 e. The van der Waals surface area contributed by atoms with Crippen LogP contribution < -0.4 is 4.90 Å². The lowest BCUT2D eigenvalue weighted by Gasteiger charge is -2.27. The molecule has 2 aromatic rings. The highest BCUT2D eigenvalue weighted by molar-refractivity contribution is 5.77. The van der Waals surface area contributed by atoms with Gasteiger partial charge in [0, 0.05) is 25.2 Å². The fourth-order valence-electron chi connectivity index (χ4n) is 2.21. The molecule has 7 heteroatoms. The molecule has 0 saturated carbocycles. The summed E-state index contributed by atoms with van der Waals surface area (Å²) in [6, 6.07) is 4.82. The van der Waals surface area contributed by atoms with Crippen LogP contribution in [0.4, 0.5) is 11.7 Å². The summed E-state index contributed by atoms with van der Waals surface area (Å²) in [4.78, 5) is 16.5. The van der Waals surface area contributed by atoms with E-state index in [9.17, 15) is 15.2 Å². The Morgan fingerprint density at radius 2 is 2.16 bits per heavy atom. The van der Waals surface area contributed by atoms with Crippen LogP contribution in [0.5, 0.6) is 0 Å². The molecule has 1 saturated heterocycles. The number of benzene rings is 1. The number of piperidine rings is 1. The fraction of sp³-hybridized carbons (Fsp3) is 0.417. The molecule has 0 spiro atoms. The first-order valence-electron chi connectivity index (χ1n) is 6.11. The number of nitro groups is 1. The van der Waals surface area contributed by atoms with Gasteiger partial charge in [0.05, 0.1) is 11.0 Å². The van der Waals surface area contributed by atoms with Crippen LogP contribution in [0.15, 0.2) is 22.6 Å². The normalized spacial score (nSPS) is 17.0. The summed E-state index contributed by atoms with van der Waals surface area (Å²) >= 11 is 0. The molecule has 1 aliphatic heterocycles. The third kappa shape index (κ3) is 2.24. The molecule has 0 unspecified atom stereocenters. The second-order valence-electron chi connectivity index (χ2n) is 4.62. The molecule has 7 nitrogen and oxygen atoms in total. The second kappa shape index (κ2) is 4.51. The van der Waals surface area contributed by atoms with Crippen molar-refractivity contribution in [3.05, 3.63) is 28.3 Å². The summed E-state index contributed by atoms with van der Waals surface area (Å²) in [5, 5.41) is 20.2. The molecule has 19 heavy (non-hydrogen) atoms. The van der Waals surface area contributed by atoms with E-state index < -0.39 is 4.92 Å². The molecule has 3 rings (SSSR count). The van der Waals surface area contributed by atoms with Gasteiger partial charge in [-0.2, -0.15) is 4.98 Å². The maximum absolute atomic E-state index is 10.7. The first kappa shape index (κ1) is 11.9. The van der Waals surface area contributed by atoms with E-state index in [4.69, 9.17) is 4.42 Å². The highest BCUT2D eigenvalue weighted by Crippen LogP contribution is 2.27.